The van der Waals surface area contributed by atoms with E-state index < -0.39 is 0 Å². The summed E-state index contributed by atoms with van der Waals surface area (Å²) in [5.74, 6) is 1.87. The normalized spacial score (nSPS) is 12.6. The van der Waals surface area contributed by atoms with Gasteiger partial charge in [0.15, 0.2) is 0 Å². The summed E-state index contributed by atoms with van der Waals surface area (Å²) >= 11 is 0. The van der Waals surface area contributed by atoms with Crippen LogP contribution in [0.3, 0.4) is 0 Å². The minimum absolute atomic E-state index is 0.426. The molecule has 0 saturated carbocycles. The van der Waals surface area contributed by atoms with E-state index in [0.717, 1.165) is 18.6 Å². The van der Waals surface area contributed by atoms with Crippen molar-refractivity contribution >= 4 is 21.5 Å². The van der Waals surface area contributed by atoms with Gasteiger partial charge < -0.3 is 4.74 Å². The van der Waals surface area contributed by atoms with Crippen LogP contribution >= 0.6 is 0 Å². The Labute approximate surface area is 187 Å². The van der Waals surface area contributed by atoms with Gasteiger partial charge in [-0.1, -0.05) is 81.8 Å². The monoisotopic (exact) mass is 410 g/mol. The van der Waals surface area contributed by atoms with E-state index in [9.17, 15) is 0 Å². The Hall–Kier alpha value is -2.80. The summed E-state index contributed by atoms with van der Waals surface area (Å²) in [6.45, 7) is 11.4. The number of fused-ring (bicyclic) bond motifs is 2. The van der Waals surface area contributed by atoms with Gasteiger partial charge in [-0.05, 0) is 87.5 Å². The van der Waals surface area contributed by atoms with Crippen LogP contribution in [0, 0.1) is 6.92 Å². The first-order valence-corrected chi connectivity index (χ1v) is 11.5. The molecule has 1 nitrogen and oxygen atoms in total. The van der Waals surface area contributed by atoms with E-state index >= 15 is 0 Å². The van der Waals surface area contributed by atoms with Crippen molar-refractivity contribution in [3.63, 3.8) is 0 Å². The van der Waals surface area contributed by atoms with E-state index in [1.807, 2.05) is 0 Å². The molecule has 0 aromatic heterocycles. The standard InChI is InChI=1S/C30H34O/c1-7-22-11-13-26-23(9-8-10-28(26)30(22)19(2)3)17-21(5)29-16-20(4)15-24-18-25(31-6)12-14-27(24)29/h8-16,18-19,21H,7,17H2,1-6H3. The second-order valence-electron chi connectivity index (χ2n) is 9.21. The number of hydrogen-bond acceptors (Lipinski definition) is 1. The molecule has 0 radical (unpaired) electrons. The highest BCUT2D eigenvalue weighted by molar-refractivity contribution is 5.91. The van der Waals surface area contributed by atoms with Crippen LogP contribution in [0.2, 0.25) is 0 Å². The maximum Gasteiger partial charge on any atom is 0.119 e. The molecule has 0 aliphatic rings. The van der Waals surface area contributed by atoms with E-state index in [1.54, 1.807) is 7.11 Å². The lowest BCUT2D eigenvalue weighted by Crippen LogP contribution is -2.03. The van der Waals surface area contributed by atoms with Gasteiger partial charge in [0.05, 0.1) is 7.11 Å². The van der Waals surface area contributed by atoms with E-state index in [4.69, 9.17) is 4.74 Å². The molecule has 0 bridgehead atoms. The molecule has 0 heterocycles. The molecule has 0 fully saturated rings. The molecule has 0 aliphatic carbocycles. The van der Waals surface area contributed by atoms with Crippen molar-refractivity contribution in [3.05, 3.63) is 88.5 Å². The number of rotatable bonds is 6. The predicted octanol–water partition coefficient (Wildman–Crippen LogP) is 8.34. The fraction of sp³-hybridized carbons (Fsp3) is 0.333. The van der Waals surface area contributed by atoms with Crippen molar-refractivity contribution in [1.29, 1.82) is 0 Å². The Morgan fingerprint density at radius 1 is 0.806 bits per heavy atom. The molecule has 1 atom stereocenters. The minimum Gasteiger partial charge on any atom is -0.497 e. The first-order chi connectivity index (χ1) is 14.9. The molecule has 1 unspecified atom stereocenters. The lowest BCUT2D eigenvalue weighted by molar-refractivity contribution is 0.415. The van der Waals surface area contributed by atoms with Gasteiger partial charge in [0.25, 0.3) is 0 Å². The molecule has 4 aromatic rings. The number of ether oxygens (including phenoxy) is 1. The molecule has 0 amide bonds. The average molecular weight is 411 g/mol. The van der Waals surface area contributed by atoms with Gasteiger partial charge in [-0.25, -0.2) is 0 Å². The van der Waals surface area contributed by atoms with Gasteiger partial charge in [0, 0.05) is 0 Å². The SMILES string of the molecule is CCc1ccc2c(CC(C)c3cc(C)cc4cc(OC)ccc34)cccc2c1C(C)C. The summed E-state index contributed by atoms with van der Waals surface area (Å²) in [7, 11) is 1.73. The van der Waals surface area contributed by atoms with Crippen molar-refractivity contribution in [2.45, 2.75) is 59.3 Å². The fourth-order valence-electron chi connectivity index (χ4n) is 5.17. The van der Waals surface area contributed by atoms with Gasteiger partial charge in [-0.3, -0.25) is 0 Å². The lowest BCUT2D eigenvalue weighted by Gasteiger charge is -2.20. The number of benzene rings is 4. The van der Waals surface area contributed by atoms with E-state index in [1.165, 1.54) is 49.4 Å². The van der Waals surface area contributed by atoms with Crippen LogP contribution in [0.25, 0.3) is 21.5 Å². The molecule has 4 aromatic carbocycles. The van der Waals surface area contributed by atoms with E-state index in [-0.39, 0.29) is 0 Å². The van der Waals surface area contributed by atoms with Gasteiger partial charge in [0.1, 0.15) is 5.75 Å². The molecular weight excluding hydrogens is 376 g/mol. The second kappa shape index (κ2) is 8.75. The zero-order valence-corrected chi connectivity index (χ0v) is 19.8. The summed E-state index contributed by atoms with van der Waals surface area (Å²) in [5.41, 5.74) is 7.16. The van der Waals surface area contributed by atoms with Gasteiger partial charge in [-0.2, -0.15) is 0 Å². The maximum absolute atomic E-state index is 5.46. The minimum atomic E-state index is 0.426. The maximum atomic E-state index is 5.46. The Bertz CT molecular complexity index is 1230. The zero-order chi connectivity index (χ0) is 22.1. The average Bonchev–Trinajstić information content (AvgIpc) is 2.77. The van der Waals surface area contributed by atoms with Crippen molar-refractivity contribution in [1.82, 2.24) is 0 Å². The van der Waals surface area contributed by atoms with E-state index in [0.29, 0.717) is 11.8 Å². The van der Waals surface area contributed by atoms with Gasteiger partial charge in [0.2, 0.25) is 0 Å². The van der Waals surface area contributed by atoms with Crippen LogP contribution in [-0.4, -0.2) is 7.11 Å². The van der Waals surface area contributed by atoms with Crippen LogP contribution in [-0.2, 0) is 12.8 Å². The summed E-state index contributed by atoms with van der Waals surface area (Å²) in [6, 6.07) is 22.6. The Kier molecular flexibility index (Phi) is 6.05. The largest absolute Gasteiger partial charge is 0.497 e. The summed E-state index contributed by atoms with van der Waals surface area (Å²) < 4.78 is 5.46. The quantitative estimate of drug-likeness (QED) is 0.310. The van der Waals surface area contributed by atoms with Crippen molar-refractivity contribution in [2.75, 3.05) is 7.11 Å². The summed E-state index contributed by atoms with van der Waals surface area (Å²) in [4.78, 5) is 0. The summed E-state index contributed by atoms with van der Waals surface area (Å²) in [5, 5.41) is 5.43. The van der Waals surface area contributed by atoms with Crippen LogP contribution in [0.4, 0.5) is 0 Å². The predicted molar refractivity (Wildman–Crippen MR) is 135 cm³/mol. The molecular formula is C30H34O. The molecule has 0 saturated heterocycles. The molecule has 160 valence electrons. The number of methoxy groups -OCH3 is 1. The summed E-state index contributed by atoms with van der Waals surface area (Å²) in [6.07, 6.45) is 2.12. The fourth-order valence-corrected chi connectivity index (χ4v) is 5.17. The third-order valence-corrected chi connectivity index (χ3v) is 6.64. The van der Waals surface area contributed by atoms with Crippen molar-refractivity contribution < 1.29 is 4.74 Å². The van der Waals surface area contributed by atoms with Gasteiger partial charge in [-0.15, -0.1) is 0 Å². The topological polar surface area (TPSA) is 9.23 Å². The number of aryl methyl sites for hydroxylation is 2. The van der Waals surface area contributed by atoms with Crippen LogP contribution in [0.5, 0.6) is 5.75 Å². The second-order valence-corrected chi connectivity index (χ2v) is 9.21. The van der Waals surface area contributed by atoms with Crippen LogP contribution in [0.1, 0.15) is 67.3 Å². The Balaban J connectivity index is 1.79. The van der Waals surface area contributed by atoms with Crippen molar-refractivity contribution in [3.8, 4) is 5.75 Å². The van der Waals surface area contributed by atoms with Crippen LogP contribution < -0.4 is 4.74 Å². The van der Waals surface area contributed by atoms with E-state index in [2.05, 4.69) is 95.3 Å². The Morgan fingerprint density at radius 3 is 2.29 bits per heavy atom. The molecule has 31 heavy (non-hydrogen) atoms. The molecule has 0 N–H and O–H groups in total. The molecule has 4 rings (SSSR count). The first-order valence-electron chi connectivity index (χ1n) is 11.5. The zero-order valence-electron chi connectivity index (χ0n) is 19.8. The first kappa shape index (κ1) is 21.4. The lowest BCUT2D eigenvalue weighted by atomic mass is 9.84. The highest BCUT2D eigenvalue weighted by Gasteiger charge is 2.16. The van der Waals surface area contributed by atoms with Crippen LogP contribution in [0.15, 0.2) is 60.7 Å². The molecule has 1 heteroatoms. The highest BCUT2D eigenvalue weighted by Crippen LogP contribution is 2.35. The number of hydrogen-bond donors (Lipinski definition) is 0. The van der Waals surface area contributed by atoms with Crippen molar-refractivity contribution in [2.24, 2.45) is 0 Å². The highest BCUT2D eigenvalue weighted by atomic mass is 16.5. The third-order valence-electron chi connectivity index (χ3n) is 6.64. The molecule has 0 aliphatic heterocycles. The Morgan fingerprint density at radius 2 is 1.58 bits per heavy atom. The third kappa shape index (κ3) is 4.06. The molecule has 0 spiro atoms. The smallest absolute Gasteiger partial charge is 0.119 e. The van der Waals surface area contributed by atoms with Gasteiger partial charge >= 0.3 is 0 Å².